The zero-order valence-electron chi connectivity index (χ0n) is 19.1. The number of rotatable bonds is 6. The lowest BCUT2D eigenvalue weighted by Gasteiger charge is -2.31. The molecule has 0 aliphatic carbocycles. The number of halogens is 4. The van der Waals surface area contributed by atoms with Crippen molar-refractivity contribution in [2.45, 2.75) is 25.6 Å². The highest BCUT2D eigenvalue weighted by molar-refractivity contribution is 6.33. The molecule has 1 aliphatic rings. The molecule has 0 spiro atoms. The molecule has 0 bridgehead atoms. The average molecular weight is 523 g/mol. The number of amides is 2. The van der Waals surface area contributed by atoms with Gasteiger partial charge in [-0.3, -0.25) is 19.7 Å². The molecule has 0 radical (unpaired) electrons. The largest absolute Gasteiger partial charge is 0.481 e. The smallest absolute Gasteiger partial charge is 0.418 e. The predicted octanol–water partition coefficient (Wildman–Crippen LogP) is 3.72. The first-order valence-electron chi connectivity index (χ1n) is 11.0. The molecule has 3 aromatic rings. The number of hydrogen-bond acceptors (Lipinski definition) is 6. The minimum atomic E-state index is -4.55. The Morgan fingerprint density at radius 2 is 2.00 bits per heavy atom. The Labute approximate surface area is 209 Å². The fourth-order valence-corrected chi connectivity index (χ4v) is 4.16. The van der Waals surface area contributed by atoms with Gasteiger partial charge in [-0.1, -0.05) is 11.6 Å². The van der Waals surface area contributed by atoms with Gasteiger partial charge in [0.2, 0.25) is 11.8 Å². The lowest BCUT2D eigenvalue weighted by Crippen LogP contribution is -2.43. The van der Waals surface area contributed by atoms with E-state index in [1.807, 2.05) is 0 Å². The molecule has 2 amide bonds. The average Bonchev–Trinajstić information content (AvgIpc) is 3.37. The van der Waals surface area contributed by atoms with E-state index < -0.39 is 17.7 Å². The highest BCUT2D eigenvalue weighted by atomic mass is 35.5. The number of H-pyrrole nitrogens is 1. The molecule has 0 aromatic carbocycles. The number of aromatic amines is 1. The number of ether oxygens (including phenoxy) is 1. The van der Waals surface area contributed by atoms with E-state index in [9.17, 15) is 22.8 Å². The fourth-order valence-electron chi connectivity index (χ4n) is 3.96. The zero-order chi connectivity index (χ0) is 25.9. The summed E-state index contributed by atoms with van der Waals surface area (Å²) in [7, 11) is 1.47. The van der Waals surface area contributed by atoms with Crippen LogP contribution in [-0.4, -0.2) is 57.1 Å². The Morgan fingerprint density at radius 1 is 1.25 bits per heavy atom. The van der Waals surface area contributed by atoms with Gasteiger partial charge in [0, 0.05) is 36.8 Å². The molecule has 13 heteroatoms. The fraction of sp³-hybridized carbons (Fsp3) is 0.348. The van der Waals surface area contributed by atoms with Crippen LogP contribution in [0.4, 0.5) is 13.2 Å². The van der Waals surface area contributed by atoms with Gasteiger partial charge in [0.1, 0.15) is 5.69 Å². The first-order valence-corrected chi connectivity index (χ1v) is 11.4. The highest BCUT2D eigenvalue weighted by Crippen LogP contribution is 2.31. The summed E-state index contributed by atoms with van der Waals surface area (Å²) in [6, 6.07) is 5.32. The van der Waals surface area contributed by atoms with E-state index in [4.69, 9.17) is 16.3 Å². The molecule has 3 aromatic heterocycles. The van der Waals surface area contributed by atoms with Crippen molar-refractivity contribution in [2.24, 2.45) is 5.92 Å². The summed E-state index contributed by atoms with van der Waals surface area (Å²) >= 11 is 6.20. The lowest BCUT2D eigenvalue weighted by molar-refractivity contribution is -0.139. The first kappa shape index (κ1) is 25.4. The second-order valence-electron chi connectivity index (χ2n) is 8.15. The Morgan fingerprint density at radius 3 is 2.69 bits per heavy atom. The number of piperidine rings is 1. The van der Waals surface area contributed by atoms with Crippen LogP contribution in [0.25, 0.3) is 11.3 Å². The molecule has 9 nitrogen and oxygen atoms in total. The third-order valence-electron chi connectivity index (χ3n) is 5.90. The van der Waals surface area contributed by atoms with Gasteiger partial charge in [0.05, 0.1) is 41.8 Å². The molecule has 0 atom stereocenters. The Kier molecular flexibility index (Phi) is 7.43. The van der Waals surface area contributed by atoms with Crippen LogP contribution in [0.1, 0.15) is 34.6 Å². The standard InChI is InChI=1S/C23H22ClF3N6O3/c1-36-20-9-14(16(24)11-29-20)17-10-18(32-31-17)22(35)33-7-4-13(5-8-33)21(34)30-12-19-15(23(25,26)27)3-2-6-28-19/h2-3,6,9-11,13H,4-5,7-8,12H2,1H3,(H,30,34)(H,31,32). The number of pyridine rings is 2. The molecule has 4 heterocycles. The van der Waals surface area contributed by atoms with Crippen molar-refractivity contribution >= 4 is 23.4 Å². The van der Waals surface area contributed by atoms with Crippen LogP contribution < -0.4 is 10.1 Å². The maximum Gasteiger partial charge on any atom is 0.418 e. The van der Waals surface area contributed by atoms with E-state index in [0.717, 1.165) is 6.07 Å². The van der Waals surface area contributed by atoms with Crippen molar-refractivity contribution in [3.8, 4) is 17.1 Å². The molecular weight excluding hydrogens is 501 g/mol. The van der Waals surface area contributed by atoms with Gasteiger partial charge in [-0.25, -0.2) is 4.98 Å². The van der Waals surface area contributed by atoms with Crippen molar-refractivity contribution in [1.29, 1.82) is 0 Å². The number of carbonyl (C=O) groups excluding carboxylic acids is 2. The predicted molar refractivity (Wildman–Crippen MR) is 123 cm³/mol. The van der Waals surface area contributed by atoms with E-state index in [0.29, 0.717) is 48.1 Å². The number of hydrogen-bond donors (Lipinski definition) is 2. The van der Waals surface area contributed by atoms with Crippen molar-refractivity contribution < 1.29 is 27.5 Å². The minimum absolute atomic E-state index is 0.243. The van der Waals surface area contributed by atoms with Crippen LogP contribution in [0.15, 0.2) is 36.7 Å². The molecule has 1 aliphatic heterocycles. The molecule has 190 valence electrons. The Balaban J connectivity index is 1.33. The van der Waals surface area contributed by atoms with Crippen molar-refractivity contribution in [3.63, 3.8) is 0 Å². The van der Waals surface area contributed by atoms with Crippen LogP contribution in [0.3, 0.4) is 0 Å². The van der Waals surface area contributed by atoms with Crippen LogP contribution in [0.5, 0.6) is 5.88 Å². The van der Waals surface area contributed by atoms with Crippen molar-refractivity contribution in [1.82, 2.24) is 30.4 Å². The topological polar surface area (TPSA) is 113 Å². The van der Waals surface area contributed by atoms with Gasteiger partial charge >= 0.3 is 6.18 Å². The Hall–Kier alpha value is -3.67. The zero-order valence-corrected chi connectivity index (χ0v) is 19.9. The van der Waals surface area contributed by atoms with Crippen LogP contribution in [0.2, 0.25) is 5.02 Å². The number of alkyl halides is 3. The molecule has 2 N–H and O–H groups in total. The summed E-state index contributed by atoms with van der Waals surface area (Å²) in [5, 5.41) is 9.78. The third kappa shape index (κ3) is 5.59. The Bertz CT molecular complexity index is 1260. The van der Waals surface area contributed by atoms with Crippen molar-refractivity contribution in [3.05, 3.63) is 58.6 Å². The summed E-state index contributed by atoms with van der Waals surface area (Å²) in [4.78, 5) is 34.9. The molecule has 1 fully saturated rings. The summed E-state index contributed by atoms with van der Waals surface area (Å²) in [5.41, 5.74) is 0.139. The summed E-state index contributed by atoms with van der Waals surface area (Å²) in [6.07, 6.45) is -1.12. The minimum Gasteiger partial charge on any atom is -0.481 e. The number of nitrogens with one attached hydrogen (secondary N) is 2. The van der Waals surface area contributed by atoms with E-state index in [2.05, 4.69) is 25.5 Å². The highest BCUT2D eigenvalue weighted by Gasteiger charge is 2.34. The third-order valence-corrected chi connectivity index (χ3v) is 6.20. The van der Waals surface area contributed by atoms with E-state index in [1.165, 1.54) is 25.6 Å². The van der Waals surface area contributed by atoms with Gasteiger partial charge in [-0.2, -0.15) is 18.3 Å². The first-order chi connectivity index (χ1) is 17.2. The quantitative estimate of drug-likeness (QED) is 0.510. The number of methoxy groups -OCH3 is 1. The molecule has 4 rings (SSSR count). The van der Waals surface area contributed by atoms with E-state index >= 15 is 0 Å². The number of carbonyl (C=O) groups is 2. The van der Waals surface area contributed by atoms with Gasteiger partial charge in [-0.05, 0) is 31.0 Å². The summed E-state index contributed by atoms with van der Waals surface area (Å²) < 4.78 is 44.5. The van der Waals surface area contributed by atoms with Gasteiger partial charge in [0.15, 0.2) is 0 Å². The summed E-state index contributed by atoms with van der Waals surface area (Å²) in [5.74, 6) is -0.727. The monoisotopic (exact) mass is 522 g/mol. The number of nitrogens with zero attached hydrogens (tertiary/aromatic N) is 4. The lowest BCUT2D eigenvalue weighted by atomic mass is 9.95. The van der Waals surface area contributed by atoms with Crippen molar-refractivity contribution in [2.75, 3.05) is 20.2 Å². The number of likely N-dealkylation sites (tertiary alicyclic amines) is 1. The van der Waals surface area contributed by atoms with Crippen LogP contribution >= 0.6 is 11.6 Å². The normalized spacial score (nSPS) is 14.5. The summed E-state index contributed by atoms with van der Waals surface area (Å²) in [6.45, 7) is 0.298. The SMILES string of the molecule is COc1cc(-c2cc(C(=O)N3CCC(C(=O)NCc4ncccc4C(F)(F)F)CC3)[nH]n2)c(Cl)cn1. The number of aromatic nitrogens is 4. The van der Waals surface area contributed by atoms with Gasteiger partial charge in [0.25, 0.3) is 5.91 Å². The molecule has 1 saturated heterocycles. The molecule has 0 unspecified atom stereocenters. The van der Waals surface area contributed by atoms with Crippen LogP contribution in [0, 0.1) is 5.92 Å². The van der Waals surface area contributed by atoms with Gasteiger partial charge < -0.3 is 15.0 Å². The van der Waals surface area contributed by atoms with E-state index in [-0.39, 0.29) is 29.7 Å². The van der Waals surface area contributed by atoms with E-state index in [1.54, 1.807) is 17.0 Å². The molecular formula is C23H22ClF3N6O3. The van der Waals surface area contributed by atoms with Crippen LogP contribution in [-0.2, 0) is 17.5 Å². The molecule has 0 saturated carbocycles. The maximum atomic E-state index is 13.1. The second-order valence-corrected chi connectivity index (χ2v) is 8.56. The second kappa shape index (κ2) is 10.5. The molecule has 36 heavy (non-hydrogen) atoms. The maximum absolute atomic E-state index is 13.1. The van der Waals surface area contributed by atoms with Gasteiger partial charge in [-0.15, -0.1) is 0 Å².